The summed E-state index contributed by atoms with van der Waals surface area (Å²) in [6.45, 7) is 14.6. The van der Waals surface area contributed by atoms with Gasteiger partial charge in [0.1, 0.15) is 23.4 Å². The third-order valence-electron chi connectivity index (χ3n) is 5.54. The Morgan fingerprint density at radius 2 is 1.71 bits per heavy atom. The van der Waals surface area contributed by atoms with Crippen molar-refractivity contribution in [3.05, 3.63) is 29.8 Å². The molecule has 1 aliphatic rings. The summed E-state index contributed by atoms with van der Waals surface area (Å²) in [4.78, 5) is 41.7. The molecular weight excluding hydrogens is 434 g/mol. The van der Waals surface area contributed by atoms with Crippen LogP contribution < -0.4 is 10.6 Å². The molecular formula is C26H41N3O5. The topological polar surface area (TPSA) is 108 Å². The fraction of sp³-hybridized carbons (Fsp3) is 0.654. The number of rotatable bonds is 7. The Bertz CT molecular complexity index is 881. The lowest BCUT2D eigenvalue weighted by Crippen LogP contribution is -2.59. The van der Waals surface area contributed by atoms with Crippen LogP contribution in [0.1, 0.15) is 86.3 Å². The van der Waals surface area contributed by atoms with Crippen molar-refractivity contribution < 1.29 is 24.2 Å². The Hall–Kier alpha value is -2.77. The molecule has 0 aliphatic heterocycles. The molecule has 2 rings (SSSR count). The number of carbonyl (C=O) groups excluding carboxylic acids is 3. The standard InChI is InChI=1S/C26H41N3O5/c1-16(2)20(27-24(33)34-26(6,7)8)23(32)29(18-12-10-13-18)21(22(31)28-25(3,4)5)17-11-9-14-19(30)15-17/h9,11,14-16,18,20-21,30H,10,12-13H2,1-8H3,(H,27,33)(H,28,31). The second-order valence-electron chi connectivity index (χ2n) is 11.4. The first kappa shape index (κ1) is 27.5. The quantitative estimate of drug-likeness (QED) is 0.546. The zero-order valence-corrected chi connectivity index (χ0v) is 21.8. The van der Waals surface area contributed by atoms with Crippen LogP contribution >= 0.6 is 0 Å². The van der Waals surface area contributed by atoms with Gasteiger partial charge < -0.3 is 25.4 Å². The zero-order valence-electron chi connectivity index (χ0n) is 21.8. The minimum Gasteiger partial charge on any atom is -0.508 e. The first-order chi connectivity index (χ1) is 15.6. The van der Waals surface area contributed by atoms with Gasteiger partial charge in [-0.15, -0.1) is 0 Å². The molecule has 8 heteroatoms. The van der Waals surface area contributed by atoms with Crippen molar-refractivity contribution in [1.82, 2.24) is 15.5 Å². The first-order valence-corrected chi connectivity index (χ1v) is 12.0. The molecule has 0 spiro atoms. The van der Waals surface area contributed by atoms with Crippen LogP contribution in [-0.2, 0) is 14.3 Å². The molecule has 1 aromatic carbocycles. The average Bonchev–Trinajstić information content (AvgIpc) is 2.60. The molecule has 2 unspecified atom stereocenters. The lowest BCUT2D eigenvalue weighted by Gasteiger charge is -2.44. The highest BCUT2D eigenvalue weighted by molar-refractivity contribution is 5.92. The van der Waals surface area contributed by atoms with Crippen molar-refractivity contribution in [2.24, 2.45) is 5.92 Å². The Balaban J connectivity index is 2.49. The van der Waals surface area contributed by atoms with Crippen LogP contribution in [0.5, 0.6) is 5.75 Å². The number of nitrogens with zero attached hydrogens (tertiary/aromatic N) is 1. The molecule has 0 aromatic heterocycles. The van der Waals surface area contributed by atoms with Gasteiger partial charge in [0.25, 0.3) is 0 Å². The number of amides is 3. The van der Waals surface area contributed by atoms with Gasteiger partial charge in [-0.2, -0.15) is 0 Å². The summed E-state index contributed by atoms with van der Waals surface area (Å²) < 4.78 is 5.39. The highest BCUT2D eigenvalue weighted by Gasteiger charge is 2.43. The normalized spacial score (nSPS) is 16.3. The van der Waals surface area contributed by atoms with Gasteiger partial charge in [0.05, 0.1) is 0 Å². The van der Waals surface area contributed by atoms with Gasteiger partial charge in [-0.1, -0.05) is 26.0 Å². The van der Waals surface area contributed by atoms with E-state index in [1.165, 1.54) is 12.1 Å². The molecule has 1 saturated carbocycles. The second-order valence-corrected chi connectivity index (χ2v) is 11.4. The van der Waals surface area contributed by atoms with Crippen molar-refractivity contribution >= 4 is 17.9 Å². The summed E-state index contributed by atoms with van der Waals surface area (Å²) in [5, 5.41) is 15.8. The lowest BCUT2D eigenvalue weighted by molar-refractivity contribution is -0.148. The van der Waals surface area contributed by atoms with Crippen molar-refractivity contribution in [3.63, 3.8) is 0 Å². The molecule has 1 aliphatic carbocycles. The first-order valence-electron chi connectivity index (χ1n) is 12.0. The monoisotopic (exact) mass is 475 g/mol. The number of nitrogens with one attached hydrogen (secondary N) is 2. The van der Waals surface area contributed by atoms with Crippen LogP contribution in [0.4, 0.5) is 4.79 Å². The fourth-order valence-electron chi connectivity index (χ4n) is 3.86. The fourth-order valence-corrected chi connectivity index (χ4v) is 3.86. The molecule has 1 aromatic rings. The van der Waals surface area contributed by atoms with Crippen molar-refractivity contribution in [3.8, 4) is 5.75 Å². The van der Waals surface area contributed by atoms with Crippen LogP contribution in [-0.4, -0.2) is 51.1 Å². The van der Waals surface area contributed by atoms with Gasteiger partial charge in [0.2, 0.25) is 11.8 Å². The Labute approximate surface area is 203 Å². The average molecular weight is 476 g/mol. The Morgan fingerprint density at radius 3 is 2.15 bits per heavy atom. The number of phenols is 1. The Morgan fingerprint density at radius 1 is 1.09 bits per heavy atom. The number of phenolic OH excluding ortho intramolecular Hbond substituents is 1. The minimum atomic E-state index is -0.953. The van der Waals surface area contributed by atoms with Crippen LogP contribution in [0.25, 0.3) is 0 Å². The van der Waals surface area contributed by atoms with E-state index in [-0.39, 0.29) is 29.5 Å². The summed E-state index contributed by atoms with van der Waals surface area (Å²) in [5.41, 5.74) is -0.715. The summed E-state index contributed by atoms with van der Waals surface area (Å²) in [7, 11) is 0. The third-order valence-corrected chi connectivity index (χ3v) is 5.54. The van der Waals surface area contributed by atoms with E-state index >= 15 is 0 Å². The number of alkyl carbamates (subject to hydrolysis) is 1. The van der Waals surface area contributed by atoms with Crippen molar-refractivity contribution in [2.75, 3.05) is 0 Å². The highest BCUT2D eigenvalue weighted by atomic mass is 16.6. The number of hydrogen-bond donors (Lipinski definition) is 3. The maximum Gasteiger partial charge on any atom is 0.408 e. The molecule has 3 amide bonds. The molecule has 0 heterocycles. The summed E-state index contributed by atoms with van der Waals surface area (Å²) in [5.74, 6) is -0.904. The number of ether oxygens (including phenoxy) is 1. The van der Waals surface area contributed by atoms with Gasteiger partial charge in [-0.25, -0.2) is 4.79 Å². The van der Waals surface area contributed by atoms with Gasteiger partial charge >= 0.3 is 6.09 Å². The number of hydrogen-bond acceptors (Lipinski definition) is 5. The van der Waals surface area contributed by atoms with E-state index in [1.807, 2.05) is 34.6 Å². The maximum absolute atomic E-state index is 14.0. The van der Waals surface area contributed by atoms with Crippen molar-refractivity contribution in [2.45, 2.75) is 104 Å². The second kappa shape index (κ2) is 10.7. The summed E-state index contributed by atoms with van der Waals surface area (Å²) >= 11 is 0. The molecule has 1 fully saturated rings. The SMILES string of the molecule is CC(C)C(NC(=O)OC(C)(C)C)C(=O)N(C1CCC1)C(C(=O)NC(C)(C)C)c1cccc(O)c1. The molecule has 2 atom stereocenters. The van der Waals surface area contributed by atoms with Crippen molar-refractivity contribution in [1.29, 1.82) is 0 Å². The molecule has 190 valence electrons. The predicted octanol–water partition coefficient (Wildman–Crippen LogP) is 4.28. The molecule has 0 bridgehead atoms. The van der Waals surface area contributed by atoms with E-state index in [9.17, 15) is 19.5 Å². The minimum absolute atomic E-state index is 0.0133. The molecule has 0 saturated heterocycles. The van der Waals surface area contributed by atoms with E-state index in [0.717, 1.165) is 19.3 Å². The predicted molar refractivity (Wildman–Crippen MR) is 131 cm³/mol. The largest absolute Gasteiger partial charge is 0.508 e. The van der Waals surface area contributed by atoms with Crippen LogP contribution in [0.3, 0.4) is 0 Å². The van der Waals surface area contributed by atoms with Gasteiger partial charge in [0, 0.05) is 11.6 Å². The summed E-state index contributed by atoms with van der Waals surface area (Å²) in [6, 6.07) is 4.45. The number of carbonyl (C=O) groups is 3. The van der Waals surface area contributed by atoms with Gasteiger partial charge in [-0.05, 0) is 84.4 Å². The molecule has 34 heavy (non-hydrogen) atoms. The third kappa shape index (κ3) is 7.64. The lowest BCUT2D eigenvalue weighted by atomic mass is 9.87. The molecule has 8 nitrogen and oxygen atoms in total. The Kier molecular flexibility index (Phi) is 8.61. The van der Waals surface area contributed by atoms with Gasteiger partial charge in [-0.3, -0.25) is 9.59 Å². The van der Waals surface area contributed by atoms with E-state index in [0.29, 0.717) is 5.56 Å². The number of benzene rings is 1. The van der Waals surface area contributed by atoms with Gasteiger partial charge in [0.15, 0.2) is 0 Å². The van der Waals surface area contributed by atoms with E-state index in [1.54, 1.807) is 37.8 Å². The van der Waals surface area contributed by atoms with E-state index in [2.05, 4.69) is 10.6 Å². The van der Waals surface area contributed by atoms with Crippen LogP contribution in [0.2, 0.25) is 0 Å². The van der Waals surface area contributed by atoms with E-state index < -0.39 is 29.3 Å². The zero-order chi connectivity index (χ0) is 25.8. The van der Waals surface area contributed by atoms with Crippen LogP contribution in [0, 0.1) is 5.92 Å². The molecule has 0 radical (unpaired) electrons. The highest BCUT2D eigenvalue weighted by Crippen LogP contribution is 2.35. The smallest absolute Gasteiger partial charge is 0.408 e. The maximum atomic E-state index is 14.0. The summed E-state index contributed by atoms with van der Waals surface area (Å²) in [6.07, 6.45) is 1.80. The molecule has 3 N–H and O–H groups in total. The number of aromatic hydroxyl groups is 1. The van der Waals surface area contributed by atoms with E-state index in [4.69, 9.17) is 4.74 Å². The van der Waals surface area contributed by atoms with Crippen LogP contribution in [0.15, 0.2) is 24.3 Å².